The summed E-state index contributed by atoms with van der Waals surface area (Å²) < 4.78 is 0. The van der Waals surface area contributed by atoms with Crippen molar-refractivity contribution in [1.82, 2.24) is 0 Å². The summed E-state index contributed by atoms with van der Waals surface area (Å²) >= 11 is 11.2. The molecule has 0 atom stereocenters. The van der Waals surface area contributed by atoms with Crippen LogP contribution < -0.4 is 0 Å². The maximum atomic E-state index is 7.26. The molecule has 1 aromatic rings. The Kier molecular flexibility index (Phi) is 5.83. The molecule has 0 aromatic heterocycles. The first kappa shape index (κ1) is 10.8. The van der Waals surface area contributed by atoms with Crippen molar-refractivity contribution in [3.63, 3.8) is 0 Å². The van der Waals surface area contributed by atoms with Gasteiger partial charge in [0.2, 0.25) is 0 Å². The van der Waals surface area contributed by atoms with Crippen molar-refractivity contribution in [3.8, 4) is 12.1 Å². The summed E-state index contributed by atoms with van der Waals surface area (Å²) in [5.41, 5.74) is 0. The molecule has 0 aliphatic carbocycles. The normalized spacial score (nSPS) is 7.00. The van der Waals surface area contributed by atoms with Crippen LogP contribution in [0, 0.1) is 22.7 Å². The third kappa shape index (κ3) is 4.57. The lowest BCUT2D eigenvalue weighted by Gasteiger charge is -1.88. The van der Waals surface area contributed by atoms with Gasteiger partial charge in [0.05, 0.1) is 10.0 Å². The van der Waals surface area contributed by atoms with Gasteiger partial charge in [0, 0.05) is 0 Å². The van der Waals surface area contributed by atoms with Crippen LogP contribution in [0.3, 0.4) is 0 Å². The number of rotatable bonds is 0. The Hall–Kier alpha value is -1.22. The van der Waals surface area contributed by atoms with Crippen LogP contribution in [-0.2, 0) is 0 Å². The van der Waals surface area contributed by atoms with E-state index in [2.05, 4.69) is 0 Å². The van der Waals surface area contributed by atoms with E-state index in [-0.39, 0.29) is 0 Å². The molecule has 0 heterocycles. The van der Waals surface area contributed by atoms with Crippen LogP contribution in [0.15, 0.2) is 24.3 Å². The molecule has 0 spiro atoms. The van der Waals surface area contributed by atoms with E-state index in [1.54, 1.807) is 12.1 Å². The Morgan fingerprint density at radius 2 is 1.25 bits per heavy atom. The Morgan fingerprint density at radius 1 is 0.917 bits per heavy atom. The molecule has 1 aromatic carbocycles. The van der Waals surface area contributed by atoms with Gasteiger partial charge in [0.15, 0.2) is 12.1 Å². The molecular weight excluding hydrogens is 195 g/mol. The standard InChI is InChI=1S/C6H4Cl2.C2N2/c7-5-3-1-2-4-6(5)8;3-1-2-4/h1-4H;. The van der Waals surface area contributed by atoms with E-state index in [4.69, 9.17) is 33.7 Å². The van der Waals surface area contributed by atoms with E-state index in [0.717, 1.165) is 0 Å². The summed E-state index contributed by atoms with van der Waals surface area (Å²) in [7, 11) is 0. The molecule has 0 unspecified atom stereocenters. The summed E-state index contributed by atoms with van der Waals surface area (Å²) in [5.74, 6) is 0. The molecule has 1 rings (SSSR count). The first-order chi connectivity index (χ1) is 5.72. The van der Waals surface area contributed by atoms with Crippen molar-refractivity contribution in [3.05, 3.63) is 34.3 Å². The molecule has 0 amide bonds. The zero-order valence-electron chi connectivity index (χ0n) is 5.96. The van der Waals surface area contributed by atoms with Crippen LogP contribution in [0.4, 0.5) is 0 Å². The van der Waals surface area contributed by atoms with Gasteiger partial charge in [0.1, 0.15) is 0 Å². The second-order valence-electron chi connectivity index (χ2n) is 1.64. The molecule has 0 aliphatic heterocycles. The lowest BCUT2D eigenvalue weighted by Crippen LogP contribution is -1.62. The summed E-state index contributed by atoms with van der Waals surface area (Å²) in [6.07, 6.45) is 0. The van der Waals surface area contributed by atoms with Crippen molar-refractivity contribution >= 4 is 23.2 Å². The number of benzene rings is 1. The van der Waals surface area contributed by atoms with Crippen molar-refractivity contribution in [2.24, 2.45) is 0 Å². The predicted octanol–water partition coefficient (Wildman–Crippen LogP) is 3.03. The van der Waals surface area contributed by atoms with Gasteiger partial charge in [-0.25, -0.2) is 0 Å². The molecule has 0 N–H and O–H groups in total. The molecule has 2 nitrogen and oxygen atoms in total. The zero-order chi connectivity index (χ0) is 9.40. The van der Waals surface area contributed by atoms with E-state index in [9.17, 15) is 0 Å². The van der Waals surface area contributed by atoms with Gasteiger partial charge in [-0.05, 0) is 12.1 Å². The van der Waals surface area contributed by atoms with Gasteiger partial charge in [0.25, 0.3) is 0 Å². The van der Waals surface area contributed by atoms with Crippen molar-refractivity contribution < 1.29 is 0 Å². The Morgan fingerprint density at radius 3 is 1.42 bits per heavy atom. The SMILES string of the molecule is Clc1ccccc1Cl.N#CC#N. The highest BCUT2D eigenvalue weighted by molar-refractivity contribution is 6.41. The molecule has 4 heteroatoms. The van der Waals surface area contributed by atoms with Gasteiger partial charge in [-0.1, -0.05) is 35.3 Å². The molecule has 0 saturated carbocycles. The van der Waals surface area contributed by atoms with Crippen LogP contribution in [0.25, 0.3) is 0 Å². The molecule has 12 heavy (non-hydrogen) atoms. The number of nitriles is 2. The molecular formula is C8H4Cl2N2. The maximum Gasteiger partial charge on any atom is 0.181 e. The summed E-state index contributed by atoms with van der Waals surface area (Å²) in [6, 6.07) is 9.66. The van der Waals surface area contributed by atoms with Crippen molar-refractivity contribution in [1.29, 1.82) is 10.5 Å². The molecule has 0 fully saturated rings. The predicted molar refractivity (Wildman–Crippen MR) is 47.7 cm³/mol. The zero-order valence-corrected chi connectivity index (χ0v) is 7.47. The van der Waals surface area contributed by atoms with Gasteiger partial charge in [-0.15, -0.1) is 0 Å². The van der Waals surface area contributed by atoms with E-state index in [1.807, 2.05) is 12.1 Å². The third-order valence-electron chi connectivity index (χ3n) is 0.874. The van der Waals surface area contributed by atoms with Crippen LogP contribution in [0.1, 0.15) is 0 Å². The van der Waals surface area contributed by atoms with Gasteiger partial charge < -0.3 is 0 Å². The lowest BCUT2D eigenvalue weighted by atomic mass is 10.4. The Balaban J connectivity index is 0.000000261. The minimum absolute atomic E-state index is 0.606. The first-order valence-electron chi connectivity index (χ1n) is 2.90. The molecule has 0 aliphatic rings. The quantitative estimate of drug-likeness (QED) is 0.644. The number of hydrogen-bond acceptors (Lipinski definition) is 2. The van der Waals surface area contributed by atoms with E-state index >= 15 is 0 Å². The lowest BCUT2D eigenvalue weighted by molar-refractivity contribution is 1.49. The largest absolute Gasteiger partial charge is 0.181 e. The summed E-state index contributed by atoms with van der Waals surface area (Å²) in [5, 5.41) is 15.7. The molecule has 60 valence electrons. The van der Waals surface area contributed by atoms with Crippen LogP contribution >= 0.6 is 23.2 Å². The van der Waals surface area contributed by atoms with Gasteiger partial charge in [-0.2, -0.15) is 10.5 Å². The van der Waals surface area contributed by atoms with Crippen LogP contribution in [0.2, 0.25) is 10.0 Å². The first-order valence-corrected chi connectivity index (χ1v) is 3.66. The highest BCUT2D eigenvalue weighted by Gasteiger charge is 1.89. The summed E-state index contributed by atoms with van der Waals surface area (Å²) in [6.45, 7) is 0. The fraction of sp³-hybridized carbons (Fsp3) is 0. The van der Waals surface area contributed by atoms with E-state index in [1.165, 1.54) is 12.1 Å². The third-order valence-corrected chi connectivity index (χ3v) is 1.63. The average molecular weight is 199 g/mol. The second-order valence-corrected chi connectivity index (χ2v) is 2.45. The van der Waals surface area contributed by atoms with Crippen molar-refractivity contribution in [2.45, 2.75) is 0 Å². The van der Waals surface area contributed by atoms with Crippen LogP contribution in [0.5, 0.6) is 0 Å². The van der Waals surface area contributed by atoms with Gasteiger partial charge >= 0.3 is 0 Å². The van der Waals surface area contributed by atoms with Gasteiger partial charge in [-0.3, -0.25) is 0 Å². The Labute approximate surface area is 80.6 Å². The van der Waals surface area contributed by atoms with Crippen molar-refractivity contribution in [2.75, 3.05) is 0 Å². The Bertz CT molecular complexity index is 290. The average Bonchev–Trinajstić information content (AvgIpc) is 2.11. The molecule has 0 bridgehead atoms. The fourth-order valence-electron chi connectivity index (χ4n) is 0.439. The van der Waals surface area contributed by atoms with Crippen LogP contribution in [-0.4, -0.2) is 0 Å². The minimum atomic E-state index is 0.606. The second kappa shape index (κ2) is 6.49. The molecule has 0 saturated heterocycles. The number of hydrogen-bond donors (Lipinski definition) is 0. The number of halogens is 2. The topological polar surface area (TPSA) is 47.6 Å². The highest BCUT2D eigenvalue weighted by atomic mass is 35.5. The maximum absolute atomic E-state index is 7.26. The molecule has 0 radical (unpaired) electrons. The van der Waals surface area contributed by atoms with E-state index in [0.29, 0.717) is 10.0 Å². The fourth-order valence-corrected chi connectivity index (χ4v) is 0.711. The monoisotopic (exact) mass is 198 g/mol. The smallest absolute Gasteiger partial charge is 0.181 e. The summed E-state index contributed by atoms with van der Waals surface area (Å²) in [4.78, 5) is 0. The minimum Gasteiger partial charge on any atom is -0.181 e. The highest BCUT2D eigenvalue weighted by Crippen LogP contribution is 2.19. The van der Waals surface area contributed by atoms with E-state index < -0.39 is 0 Å². The number of nitrogens with zero attached hydrogens (tertiary/aromatic N) is 2.